The lowest BCUT2D eigenvalue weighted by molar-refractivity contribution is 0.0664. The van der Waals surface area contributed by atoms with Crippen LogP contribution in [0.4, 0.5) is 11.4 Å². The zero-order chi connectivity index (χ0) is 10.6. The summed E-state index contributed by atoms with van der Waals surface area (Å²) in [5.41, 5.74) is 1.56. The number of anilines is 2. The molecule has 2 N–H and O–H groups in total. The predicted octanol–water partition coefficient (Wildman–Crippen LogP) is 1.37. The molecule has 80 valence electrons. The summed E-state index contributed by atoms with van der Waals surface area (Å²) in [7, 11) is 1.96. The summed E-state index contributed by atoms with van der Waals surface area (Å²) in [6.45, 7) is 0.915. The van der Waals surface area contributed by atoms with Gasteiger partial charge in [-0.2, -0.15) is 0 Å². The number of fused-ring (bicyclic) bond motifs is 1. The number of likely N-dealkylation sites (N-methyl/N-ethyl adjacent to an activating group) is 1. The second-order valence-electron chi connectivity index (χ2n) is 4.39. The minimum absolute atomic E-state index is 0.0165. The molecule has 0 unspecified atom stereocenters. The normalized spacial score (nSPS) is 21.0. The second kappa shape index (κ2) is 2.48. The first-order chi connectivity index (χ1) is 7.11. The van der Waals surface area contributed by atoms with E-state index in [1.807, 2.05) is 7.05 Å². The lowest BCUT2D eigenvalue weighted by atomic mass is 10.1. The van der Waals surface area contributed by atoms with Gasteiger partial charge in [-0.3, -0.25) is 0 Å². The van der Waals surface area contributed by atoms with Crippen LogP contribution in [0.1, 0.15) is 23.4 Å². The van der Waals surface area contributed by atoms with Crippen molar-refractivity contribution in [1.29, 1.82) is 0 Å². The Morgan fingerprint density at radius 1 is 1.67 bits per heavy atom. The van der Waals surface area contributed by atoms with Crippen molar-refractivity contribution in [3.63, 3.8) is 0 Å². The fraction of sp³-hybridized carbons (Fsp3) is 0.500. The molecule has 2 heterocycles. The van der Waals surface area contributed by atoms with Crippen LogP contribution >= 0.6 is 0 Å². The van der Waals surface area contributed by atoms with Crippen molar-refractivity contribution >= 4 is 17.3 Å². The first-order valence-electron chi connectivity index (χ1n) is 4.95. The number of hydrogen-bond donors (Lipinski definition) is 2. The Morgan fingerprint density at radius 3 is 3.00 bits per heavy atom. The van der Waals surface area contributed by atoms with Crippen LogP contribution in [-0.4, -0.2) is 30.2 Å². The maximum atomic E-state index is 10.9. The van der Waals surface area contributed by atoms with E-state index in [1.165, 1.54) is 6.26 Å². The minimum Gasteiger partial charge on any atom is -0.475 e. The van der Waals surface area contributed by atoms with Crippen molar-refractivity contribution < 1.29 is 14.3 Å². The first-order valence-corrected chi connectivity index (χ1v) is 4.95. The molecule has 1 aromatic rings. The maximum absolute atomic E-state index is 10.9. The molecule has 0 bridgehead atoms. The second-order valence-corrected chi connectivity index (χ2v) is 4.39. The number of rotatable bonds is 1. The number of carbonyl (C=O) groups is 1. The van der Waals surface area contributed by atoms with E-state index in [9.17, 15) is 4.79 Å². The molecular weight excluding hydrogens is 196 g/mol. The van der Waals surface area contributed by atoms with Crippen LogP contribution < -0.4 is 10.2 Å². The Kier molecular flexibility index (Phi) is 1.43. The molecule has 0 saturated heterocycles. The van der Waals surface area contributed by atoms with Gasteiger partial charge in [0.25, 0.3) is 0 Å². The van der Waals surface area contributed by atoms with Crippen LogP contribution in [0.3, 0.4) is 0 Å². The van der Waals surface area contributed by atoms with Crippen molar-refractivity contribution in [2.75, 3.05) is 23.8 Å². The summed E-state index contributed by atoms with van der Waals surface area (Å²) in [5, 5.41) is 12.2. The third-order valence-electron chi connectivity index (χ3n) is 3.16. The molecule has 1 fully saturated rings. The van der Waals surface area contributed by atoms with Crippen molar-refractivity contribution in [2.45, 2.75) is 18.4 Å². The molecular formula is C10H12N2O3. The Balaban J connectivity index is 2.08. The highest BCUT2D eigenvalue weighted by Crippen LogP contribution is 2.47. The summed E-state index contributed by atoms with van der Waals surface area (Å²) in [4.78, 5) is 13.0. The van der Waals surface area contributed by atoms with E-state index < -0.39 is 5.97 Å². The first kappa shape index (κ1) is 8.64. The van der Waals surface area contributed by atoms with Crippen LogP contribution in [0.5, 0.6) is 0 Å². The van der Waals surface area contributed by atoms with Gasteiger partial charge in [-0.05, 0) is 12.8 Å². The van der Waals surface area contributed by atoms with Crippen molar-refractivity contribution in [3.05, 3.63) is 12.0 Å². The van der Waals surface area contributed by atoms with Gasteiger partial charge < -0.3 is 19.7 Å². The summed E-state index contributed by atoms with van der Waals surface area (Å²) >= 11 is 0. The Labute approximate surface area is 86.7 Å². The lowest BCUT2D eigenvalue weighted by Crippen LogP contribution is -2.41. The monoisotopic (exact) mass is 208 g/mol. The molecule has 15 heavy (non-hydrogen) atoms. The molecule has 5 heteroatoms. The average Bonchev–Trinajstić information content (AvgIpc) is 2.77. The Hall–Kier alpha value is -1.65. The summed E-state index contributed by atoms with van der Waals surface area (Å²) in [6.07, 6.45) is 3.70. The molecule has 1 spiro atoms. The van der Waals surface area contributed by atoms with Gasteiger partial charge in [0, 0.05) is 13.6 Å². The van der Waals surface area contributed by atoms with Gasteiger partial charge in [0.05, 0.1) is 11.2 Å². The van der Waals surface area contributed by atoms with E-state index in [-0.39, 0.29) is 11.3 Å². The molecule has 1 aliphatic carbocycles. The predicted molar refractivity (Wildman–Crippen MR) is 54.5 cm³/mol. The third-order valence-corrected chi connectivity index (χ3v) is 3.16. The standard InChI is InChI=1S/C10H12N2O3/c1-12-5-10(2-3-10)11-7-6(12)4-15-8(7)9(13)14/h4,11H,2-3,5H2,1H3,(H,13,14). The van der Waals surface area contributed by atoms with E-state index in [0.29, 0.717) is 5.69 Å². The Bertz CT molecular complexity index is 434. The highest BCUT2D eigenvalue weighted by Gasteiger charge is 2.48. The molecule has 2 aliphatic rings. The third kappa shape index (κ3) is 1.12. The number of furan rings is 1. The number of nitrogens with one attached hydrogen (secondary N) is 1. The largest absolute Gasteiger partial charge is 0.475 e. The highest BCUT2D eigenvalue weighted by molar-refractivity contribution is 5.96. The van der Waals surface area contributed by atoms with Crippen LogP contribution in [0.2, 0.25) is 0 Å². The molecule has 5 nitrogen and oxygen atoms in total. The smallest absolute Gasteiger partial charge is 0.374 e. The van der Waals surface area contributed by atoms with Gasteiger partial charge in [-0.1, -0.05) is 0 Å². The fourth-order valence-corrected chi connectivity index (χ4v) is 2.19. The molecule has 1 aliphatic heterocycles. The Morgan fingerprint density at radius 2 is 2.40 bits per heavy atom. The van der Waals surface area contributed by atoms with Gasteiger partial charge in [0.1, 0.15) is 12.0 Å². The van der Waals surface area contributed by atoms with Crippen molar-refractivity contribution in [2.24, 2.45) is 0 Å². The van der Waals surface area contributed by atoms with Crippen LogP contribution in [0.15, 0.2) is 10.7 Å². The highest BCUT2D eigenvalue weighted by atomic mass is 16.4. The summed E-state index contributed by atoms with van der Waals surface area (Å²) in [6, 6.07) is 0. The number of nitrogens with zero attached hydrogens (tertiary/aromatic N) is 1. The number of aromatic carboxylic acids is 1. The molecule has 1 saturated carbocycles. The van der Waals surface area contributed by atoms with Crippen LogP contribution in [-0.2, 0) is 0 Å². The van der Waals surface area contributed by atoms with Gasteiger partial charge in [-0.15, -0.1) is 0 Å². The van der Waals surface area contributed by atoms with E-state index in [0.717, 1.165) is 25.1 Å². The van der Waals surface area contributed by atoms with Crippen LogP contribution in [0.25, 0.3) is 0 Å². The minimum atomic E-state index is -1.02. The van der Waals surface area contributed by atoms with E-state index >= 15 is 0 Å². The van der Waals surface area contributed by atoms with Crippen molar-refractivity contribution in [3.8, 4) is 0 Å². The molecule has 0 amide bonds. The lowest BCUT2D eigenvalue weighted by Gasteiger charge is -2.32. The zero-order valence-corrected chi connectivity index (χ0v) is 8.41. The van der Waals surface area contributed by atoms with E-state index in [4.69, 9.17) is 9.52 Å². The molecule has 1 aromatic heterocycles. The van der Waals surface area contributed by atoms with Crippen LogP contribution in [0, 0.1) is 0 Å². The summed E-state index contributed by atoms with van der Waals surface area (Å²) in [5.74, 6) is -1.00. The molecule has 3 rings (SSSR count). The molecule has 0 atom stereocenters. The fourth-order valence-electron chi connectivity index (χ4n) is 2.19. The average molecular weight is 208 g/mol. The van der Waals surface area contributed by atoms with E-state index in [1.54, 1.807) is 0 Å². The molecule has 0 radical (unpaired) electrons. The quantitative estimate of drug-likeness (QED) is 0.729. The van der Waals surface area contributed by atoms with Gasteiger partial charge >= 0.3 is 5.97 Å². The summed E-state index contributed by atoms with van der Waals surface area (Å²) < 4.78 is 5.07. The van der Waals surface area contributed by atoms with Gasteiger partial charge in [-0.25, -0.2) is 4.79 Å². The van der Waals surface area contributed by atoms with Crippen molar-refractivity contribution in [1.82, 2.24) is 0 Å². The van der Waals surface area contributed by atoms with E-state index in [2.05, 4.69) is 10.2 Å². The SMILES string of the molecule is CN1CC2(CC2)Nc2c1coc2C(=O)O. The number of carboxylic acid groups (broad SMARTS) is 1. The van der Waals surface area contributed by atoms with Gasteiger partial charge in [0.15, 0.2) is 0 Å². The maximum Gasteiger partial charge on any atom is 0.374 e. The molecule has 0 aromatic carbocycles. The zero-order valence-electron chi connectivity index (χ0n) is 8.41. The number of hydrogen-bond acceptors (Lipinski definition) is 4. The topological polar surface area (TPSA) is 65.7 Å². The van der Waals surface area contributed by atoms with Gasteiger partial charge in [0.2, 0.25) is 5.76 Å². The number of carboxylic acids is 1.